The molecule has 19 heavy (non-hydrogen) atoms. The zero-order valence-corrected chi connectivity index (χ0v) is 10.6. The number of benzene rings is 1. The van der Waals surface area contributed by atoms with E-state index in [4.69, 9.17) is 5.73 Å². The molecule has 1 amide bonds. The Morgan fingerprint density at radius 1 is 1.32 bits per heavy atom. The summed E-state index contributed by atoms with van der Waals surface area (Å²) in [5.74, 6) is -0.829. The molecular formula is C13H18FN3O2. The average molecular weight is 267 g/mol. The largest absolute Gasteiger partial charge is 0.386 e. The number of carbonyl (C=O) groups is 1. The molecule has 104 valence electrons. The molecule has 1 heterocycles. The highest BCUT2D eigenvalue weighted by Gasteiger charge is 2.26. The van der Waals surface area contributed by atoms with Gasteiger partial charge in [0.2, 0.25) is 0 Å². The summed E-state index contributed by atoms with van der Waals surface area (Å²) < 4.78 is 12.8. The summed E-state index contributed by atoms with van der Waals surface area (Å²) in [5, 5.41) is 11.8. The fourth-order valence-corrected chi connectivity index (χ4v) is 2.07. The first-order chi connectivity index (χ1) is 9.08. The molecule has 2 rings (SSSR count). The molecule has 0 aromatic heterocycles. The summed E-state index contributed by atoms with van der Waals surface area (Å²) in [6.45, 7) is 1.59. The van der Waals surface area contributed by atoms with Crippen LogP contribution < -0.4 is 11.2 Å². The number of nitrogens with zero attached hydrogens (tertiary/aromatic N) is 1. The van der Waals surface area contributed by atoms with Crippen LogP contribution in [0.4, 0.5) is 4.39 Å². The lowest BCUT2D eigenvalue weighted by molar-refractivity contribution is -0.129. The molecule has 6 heteroatoms. The standard InChI is InChI=1S/C13H18FN3O2/c14-10-5-3-9(4-6-10)12(18)11(15)13(19)16-17-7-1-2-8-17/h3-6,11-12,18H,1-2,7-8,15H2,(H,16,19). The summed E-state index contributed by atoms with van der Waals surface area (Å²) in [7, 11) is 0. The van der Waals surface area contributed by atoms with Crippen LogP contribution in [0.5, 0.6) is 0 Å². The maximum Gasteiger partial charge on any atom is 0.254 e. The normalized spacial score (nSPS) is 19.1. The second-order valence-electron chi connectivity index (χ2n) is 4.69. The molecule has 1 saturated heterocycles. The minimum Gasteiger partial charge on any atom is -0.386 e. The minimum atomic E-state index is -1.15. The van der Waals surface area contributed by atoms with E-state index in [0.717, 1.165) is 25.9 Å². The van der Waals surface area contributed by atoms with E-state index in [1.165, 1.54) is 24.3 Å². The van der Waals surface area contributed by atoms with Crippen molar-refractivity contribution in [1.82, 2.24) is 10.4 Å². The van der Waals surface area contributed by atoms with Gasteiger partial charge in [0.1, 0.15) is 18.0 Å². The number of aliphatic hydroxyl groups excluding tert-OH is 1. The molecule has 4 N–H and O–H groups in total. The molecule has 0 radical (unpaired) electrons. The van der Waals surface area contributed by atoms with E-state index >= 15 is 0 Å². The van der Waals surface area contributed by atoms with Crippen LogP contribution in [-0.2, 0) is 4.79 Å². The molecule has 1 fully saturated rings. The second-order valence-corrected chi connectivity index (χ2v) is 4.69. The first-order valence-corrected chi connectivity index (χ1v) is 6.32. The highest BCUT2D eigenvalue weighted by Crippen LogP contribution is 2.16. The quantitative estimate of drug-likeness (QED) is 0.734. The summed E-state index contributed by atoms with van der Waals surface area (Å²) in [5.41, 5.74) is 8.82. The molecule has 2 atom stereocenters. The summed E-state index contributed by atoms with van der Waals surface area (Å²) in [4.78, 5) is 11.9. The van der Waals surface area contributed by atoms with Gasteiger partial charge in [-0.1, -0.05) is 12.1 Å². The van der Waals surface area contributed by atoms with Crippen molar-refractivity contribution in [2.75, 3.05) is 13.1 Å². The number of hydrazine groups is 1. The molecule has 0 spiro atoms. The molecule has 1 aromatic rings. The number of nitrogens with two attached hydrogens (primary N) is 1. The van der Waals surface area contributed by atoms with Crippen LogP contribution in [-0.4, -0.2) is 35.2 Å². The van der Waals surface area contributed by atoms with Gasteiger partial charge in [0.25, 0.3) is 5.91 Å². The Morgan fingerprint density at radius 3 is 2.47 bits per heavy atom. The number of hydrogen-bond donors (Lipinski definition) is 3. The van der Waals surface area contributed by atoms with Crippen LogP contribution >= 0.6 is 0 Å². The Hall–Kier alpha value is -1.50. The number of carbonyl (C=O) groups excluding carboxylic acids is 1. The predicted molar refractivity (Wildman–Crippen MR) is 68.3 cm³/mol. The number of halogens is 1. The van der Waals surface area contributed by atoms with Crippen molar-refractivity contribution in [3.8, 4) is 0 Å². The van der Waals surface area contributed by atoms with E-state index in [1.54, 1.807) is 5.01 Å². The molecular weight excluding hydrogens is 249 g/mol. The number of aliphatic hydroxyl groups is 1. The van der Waals surface area contributed by atoms with Crippen LogP contribution in [0.2, 0.25) is 0 Å². The molecule has 1 aliphatic rings. The van der Waals surface area contributed by atoms with Gasteiger partial charge in [-0.25, -0.2) is 9.40 Å². The fraction of sp³-hybridized carbons (Fsp3) is 0.462. The Morgan fingerprint density at radius 2 is 1.89 bits per heavy atom. The van der Waals surface area contributed by atoms with Crippen LogP contribution in [0.15, 0.2) is 24.3 Å². The van der Waals surface area contributed by atoms with Crippen LogP contribution in [0.3, 0.4) is 0 Å². The SMILES string of the molecule is NC(C(=O)NN1CCCC1)C(O)c1ccc(F)cc1. The van der Waals surface area contributed by atoms with Crippen molar-refractivity contribution in [3.05, 3.63) is 35.6 Å². The third-order valence-corrected chi connectivity index (χ3v) is 3.23. The van der Waals surface area contributed by atoms with Gasteiger partial charge in [0, 0.05) is 13.1 Å². The Balaban J connectivity index is 1.95. The molecule has 0 bridgehead atoms. The maximum atomic E-state index is 12.8. The van der Waals surface area contributed by atoms with E-state index in [1.807, 2.05) is 0 Å². The molecule has 1 aliphatic heterocycles. The van der Waals surface area contributed by atoms with Gasteiger partial charge in [-0.15, -0.1) is 0 Å². The molecule has 1 aromatic carbocycles. The fourth-order valence-electron chi connectivity index (χ4n) is 2.07. The van der Waals surface area contributed by atoms with E-state index in [-0.39, 0.29) is 0 Å². The van der Waals surface area contributed by atoms with E-state index in [2.05, 4.69) is 5.43 Å². The number of hydrogen-bond acceptors (Lipinski definition) is 4. The third-order valence-electron chi connectivity index (χ3n) is 3.23. The monoisotopic (exact) mass is 267 g/mol. The molecule has 5 nitrogen and oxygen atoms in total. The Labute approximate surface area is 111 Å². The smallest absolute Gasteiger partial charge is 0.254 e. The highest BCUT2D eigenvalue weighted by molar-refractivity contribution is 5.81. The number of amides is 1. The Kier molecular flexibility index (Phi) is 4.47. The van der Waals surface area contributed by atoms with Crippen molar-refractivity contribution < 1.29 is 14.3 Å². The Bertz CT molecular complexity index is 432. The van der Waals surface area contributed by atoms with Crippen LogP contribution in [0.1, 0.15) is 24.5 Å². The van der Waals surface area contributed by atoms with E-state index < -0.39 is 23.9 Å². The zero-order valence-electron chi connectivity index (χ0n) is 10.6. The summed E-state index contributed by atoms with van der Waals surface area (Å²) in [6, 6.07) is 4.21. The predicted octanol–water partition coefficient (Wildman–Crippen LogP) is 0.313. The number of nitrogens with one attached hydrogen (secondary N) is 1. The van der Waals surface area contributed by atoms with Crippen molar-refractivity contribution >= 4 is 5.91 Å². The molecule has 0 saturated carbocycles. The van der Waals surface area contributed by atoms with Gasteiger partial charge in [0.05, 0.1) is 0 Å². The number of rotatable bonds is 4. The first kappa shape index (κ1) is 13.9. The summed E-state index contributed by atoms with van der Waals surface area (Å²) >= 11 is 0. The average Bonchev–Trinajstić information content (AvgIpc) is 2.90. The van der Waals surface area contributed by atoms with Gasteiger partial charge >= 0.3 is 0 Å². The van der Waals surface area contributed by atoms with Gasteiger partial charge in [-0.3, -0.25) is 10.2 Å². The topological polar surface area (TPSA) is 78.6 Å². The minimum absolute atomic E-state index is 0.397. The van der Waals surface area contributed by atoms with Gasteiger partial charge in [0.15, 0.2) is 0 Å². The lowest BCUT2D eigenvalue weighted by Crippen LogP contribution is -2.50. The van der Waals surface area contributed by atoms with Gasteiger partial charge < -0.3 is 10.8 Å². The van der Waals surface area contributed by atoms with Crippen LogP contribution in [0.25, 0.3) is 0 Å². The maximum absolute atomic E-state index is 12.8. The second kappa shape index (κ2) is 6.10. The first-order valence-electron chi connectivity index (χ1n) is 6.32. The van der Waals surface area contributed by atoms with Gasteiger partial charge in [-0.05, 0) is 30.5 Å². The van der Waals surface area contributed by atoms with E-state index in [0.29, 0.717) is 5.56 Å². The molecule has 2 unspecified atom stereocenters. The highest BCUT2D eigenvalue weighted by atomic mass is 19.1. The molecule has 0 aliphatic carbocycles. The third kappa shape index (κ3) is 3.50. The van der Waals surface area contributed by atoms with Crippen molar-refractivity contribution in [1.29, 1.82) is 0 Å². The zero-order chi connectivity index (χ0) is 13.8. The summed E-state index contributed by atoms with van der Waals surface area (Å²) in [6.07, 6.45) is 0.926. The van der Waals surface area contributed by atoms with Crippen LogP contribution in [0, 0.1) is 5.82 Å². The van der Waals surface area contributed by atoms with Crippen molar-refractivity contribution in [2.45, 2.75) is 25.0 Å². The van der Waals surface area contributed by atoms with Crippen molar-refractivity contribution in [3.63, 3.8) is 0 Å². The lowest BCUT2D eigenvalue weighted by Gasteiger charge is -2.22. The van der Waals surface area contributed by atoms with Crippen molar-refractivity contribution in [2.24, 2.45) is 5.73 Å². The van der Waals surface area contributed by atoms with E-state index in [9.17, 15) is 14.3 Å². The lowest BCUT2D eigenvalue weighted by atomic mass is 10.0. The van der Waals surface area contributed by atoms with Gasteiger partial charge in [-0.2, -0.15) is 0 Å².